The van der Waals surface area contributed by atoms with Crippen molar-refractivity contribution in [3.8, 4) is 0 Å². The van der Waals surface area contributed by atoms with E-state index >= 15 is 0 Å². The topological polar surface area (TPSA) is 15.3 Å². The summed E-state index contributed by atoms with van der Waals surface area (Å²) in [4.78, 5) is 2.13. The van der Waals surface area contributed by atoms with Gasteiger partial charge in [0.2, 0.25) is 0 Å². The molecule has 0 bridgehead atoms. The molecule has 1 aliphatic rings. The summed E-state index contributed by atoms with van der Waals surface area (Å²) in [5.74, 6) is 0. The Hall–Kier alpha value is -1.96. The lowest BCUT2D eigenvalue weighted by atomic mass is 10.1. The fourth-order valence-corrected chi connectivity index (χ4v) is 2.83. The second-order valence-corrected chi connectivity index (χ2v) is 5.75. The molecule has 2 heteroatoms. The third kappa shape index (κ3) is 2.79. The molecule has 104 valence electrons. The van der Waals surface area contributed by atoms with Crippen LogP contribution in [-0.4, -0.2) is 14.1 Å². The Labute approximate surface area is 121 Å². The number of nitrogens with zero attached hydrogens (tertiary/aromatic N) is 1. The molecule has 2 nitrogen and oxygen atoms in total. The van der Waals surface area contributed by atoms with Crippen LogP contribution in [-0.2, 0) is 19.4 Å². The zero-order valence-electron chi connectivity index (χ0n) is 12.3. The van der Waals surface area contributed by atoms with Crippen molar-refractivity contribution in [1.29, 1.82) is 0 Å². The molecule has 0 aliphatic heterocycles. The van der Waals surface area contributed by atoms with Gasteiger partial charge in [0.15, 0.2) is 0 Å². The molecule has 0 heterocycles. The van der Waals surface area contributed by atoms with Crippen LogP contribution in [0.5, 0.6) is 0 Å². The van der Waals surface area contributed by atoms with E-state index in [1.165, 1.54) is 36.2 Å². The Morgan fingerprint density at radius 3 is 2.70 bits per heavy atom. The smallest absolute Gasteiger partial charge is 0.0400 e. The number of fused-ring (bicyclic) bond motifs is 1. The second-order valence-electron chi connectivity index (χ2n) is 5.75. The molecule has 0 radical (unpaired) electrons. The first kappa shape index (κ1) is 13.0. The van der Waals surface area contributed by atoms with Crippen LogP contribution in [0, 0.1) is 0 Å². The summed E-state index contributed by atoms with van der Waals surface area (Å²) in [5.41, 5.74) is 6.87. The highest BCUT2D eigenvalue weighted by Gasteiger charge is 2.10. The first-order valence-corrected chi connectivity index (χ1v) is 7.34. The molecule has 2 aromatic rings. The van der Waals surface area contributed by atoms with Crippen LogP contribution in [0.4, 0.5) is 11.4 Å². The highest BCUT2D eigenvalue weighted by atomic mass is 15.1. The van der Waals surface area contributed by atoms with Gasteiger partial charge in [-0.15, -0.1) is 0 Å². The van der Waals surface area contributed by atoms with Crippen LogP contribution in [0.25, 0.3) is 0 Å². The van der Waals surface area contributed by atoms with Gasteiger partial charge in [-0.2, -0.15) is 0 Å². The number of hydrogen-bond acceptors (Lipinski definition) is 2. The van der Waals surface area contributed by atoms with E-state index in [1.54, 1.807) is 11.1 Å². The predicted octanol–water partition coefficient (Wildman–Crippen LogP) is 3.85. The third-order valence-electron chi connectivity index (χ3n) is 4.02. The first-order valence-electron chi connectivity index (χ1n) is 7.34. The SMILES string of the molecule is CN(C)c1cccc(NCc2ccc3c(c2)CCC3)c1. The summed E-state index contributed by atoms with van der Waals surface area (Å²) in [6.45, 7) is 0.893. The lowest BCUT2D eigenvalue weighted by molar-refractivity contribution is 0.911. The minimum atomic E-state index is 0.893. The van der Waals surface area contributed by atoms with Gasteiger partial charge in [-0.05, 0) is 54.2 Å². The number of nitrogens with one attached hydrogen (secondary N) is 1. The van der Waals surface area contributed by atoms with Crippen LogP contribution in [0.3, 0.4) is 0 Å². The minimum Gasteiger partial charge on any atom is -0.381 e. The molecule has 3 rings (SSSR count). The molecule has 0 unspecified atom stereocenters. The molecule has 0 amide bonds. The van der Waals surface area contributed by atoms with E-state index in [4.69, 9.17) is 0 Å². The third-order valence-corrected chi connectivity index (χ3v) is 4.02. The molecule has 0 saturated heterocycles. The number of aryl methyl sites for hydroxylation is 2. The quantitative estimate of drug-likeness (QED) is 0.904. The normalized spacial score (nSPS) is 13.1. The van der Waals surface area contributed by atoms with Crippen molar-refractivity contribution in [3.63, 3.8) is 0 Å². The van der Waals surface area contributed by atoms with Crippen molar-refractivity contribution in [1.82, 2.24) is 0 Å². The number of benzene rings is 2. The molecule has 0 spiro atoms. The molecule has 0 fully saturated rings. The number of anilines is 2. The van der Waals surface area contributed by atoms with Crippen LogP contribution < -0.4 is 10.2 Å². The maximum absolute atomic E-state index is 3.52. The summed E-state index contributed by atoms with van der Waals surface area (Å²) >= 11 is 0. The van der Waals surface area contributed by atoms with E-state index in [0.717, 1.165) is 6.54 Å². The Morgan fingerprint density at radius 2 is 1.85 bits per heavy atom. The standard InChI is InChI=1S/C18H22N2/c1-20(2)18-8-4-7-17(12-18)19-13-14-9-10-15-5-3-6-16(15)11-14/h4,7-12,19H,3,5-6,13H2,1-2H3. The van der Waals surface area contributed by atoms with Gasteiger partial charge in [0.05, 0.1) is 0 Å². The highest BCUT2D eigenvalue weighted by molar-refractivity contribution is 5.57. The first-order chi connectivity index (χ1) is 9.72. The lowest BCUT2D eigenvalue weighted by Crippen LogP contribution is -2.09. The summed E-state index contributed by atoms with van der Waals surface area (Å²) in [6.07, 6.45) is 3.82. The lowest BCUT2D eigenvalue weighted by Gasteiger charge is -2.14. The van der Waals surface area contributed by atoms with Gasteiger partial charge >= 0.3 is 0 Å². The molecule has 1 aliphatic carbocycles. The average Bonchev–Trinajstić information content (AvgIpc) is 2.93. The van der Waals surface area contributed by atoms with Crippen molar-refractivity contribution in [2.24, 2.45) is 0 Å². The van der Waals surface area contributed by atoms with E-state index in [2.05, 4.69) is 66.8 Å². The Bertz CT molecular complexity index is 602. The van der Waals surface area contributed by atoms with Gasteiger partial charge in [0, 0.05) is 32.0 Å². The van der Waals surface area contributed by atoms with Crippen LogP contribution >= 0.6 is 0 Å². The highest BCUT2D eigenvalue weighted by Crippen LogP contribution is 2.23. The summed E-state index contributed by atoms with van der Waals surface area (Å²) in [6, 6.07) is 15.5. The zero-order valence-corrected chi connectivity index (χ0v) is 12.3. The summed E-state index contributed by atoms with van der Waals surface area (Å²) in [7, 11) is 4.14. The van der Waals surface area contributed by atoms with Crippen molar-refractivity contribution in [3.05, 3.63) is 59.2 Å². The zero-order chi connectivity index (χ0) is 13.9. The fraction of sp³-hybridized carbons (Fsp3) is 0.333. The van der Waals surface area contributed by atoms with Crippen LogP contribution in [0.1, 0.15) is 23.1 Å². The number of rotatable bonds is 4. The molecule has 2 aromatic carbocycles. The van der Waals surface area contributed by atoms with Gasteiger partial charge in [0.1, 0.15) is 0 Å². The summed E-state index contributed by atoms with van der Waals surface area (Å²) in [5, 5.41) is 3.52. The molecule has 1 N–H and O–H groups in total. The largest absolute Gasteiger partial charge is 0.381 e. The monoisotopic (exact) mass is 266 g/mol. The Balaban J connectivity index is 1.69. The molecule has 0 atom stereocenters. The van der Waals surface area contributed by atoms with Crippen LogP contribution in [0.2, 0.25) is 0 Å². The van der Waals surface area contributed by atoms with Gasteiger partial charge in [-0.3, -0.25) is 0 Å². The molecule has 0 aromatic heterocycles. The van der Waals surface area contributed by atoms with Gasteiger partial charge in [-0.1, -0.05) is 24.3 Å². The van der Waals surface area contributed by atoms with Gasteiger partial charge in [0.25, 0.3) is 0 Å². The van der Waals surface area contributed by atoms with Gasteiger partial charge in [-0.25, -0.2) is 0 Å². The minimum absolute atomic E-state index is 0.893. The van der Waals surface area contributed by atoms with Gasteiger partial charge < -0.3 is 10.2 Å². The fourth-order valence-electron chi connectivity index (χ4n) is 2.83. The molecule has 0 saturated carbocycles. The van der Waals surface area contributed by atoms with E-state index in [-0.39, 0.29) is 0 Å². The molecule has 20 heavy (non-hydrogen) atoms. The number of hydrogen-bond donors (Lipinski definition) is 1. The van der Waals surface area contributed by atoms with Crippen molar-refractivity contribution >= 4 is 11.4 Å². The Kier molecular flexibility index (Phi) is 3.64. The van der Waals surface area contributed by atoms with E-state index in [0.29, 0.717) is 0 Å². The van der Waals surface area contributed by atoms with Crippen molar-refractivity contribution in [2.75, 3.05) is 24.3 Å². The molecular weight excluding hydrogens is 244 g/mol. The average molecular weight is 266 g/mol. The maximum Gasteiger partial charge on any atom is 0.0400 e. The Morgan fingerprint density at radius 1 is 1.00 bits per heavy atom. The van der Waals surface area contributed by atoms with Crippen LogP contribution in [0.15, 0.2) is 42.5 Å². The maximum atomic E-state index is 3.52. The van der Waals surface area contributed by atoms with E-state index in [1.807, 2.05) is 0 Å². The van der Waals surface area contributed by atoms with E-state index < -0.39 is 0 Å². The van der Waals surface area contributed by atoms with Crippen molar-refractivity contribution < 1.29 is 0 Å². The predicted molar refractivity (Wildman–Crippen MR) is 86.6 cm³/mol. The molecular formula is C18H22N2. The van der Waals surface area contributed by atoms with E-state index in [9.17, 15) is 0 Å². The summed E-state index contributed by atoms with van der Waals surface area (Å²) < 4.78 is 0. The second kappa shape index (κ2) is 5.58. The van der Waals surface area contributed by atoms with Crippen molar-refractivity contribution in [2.45, 2.75) is 25.8 Å².